The van der Waals surface area contributed by atoms with E-state index >= 15 is 0 Å². The van der Waals surface area contributed by atoms with Gasteiger partial charge in [-0.2, -0.15) is 0 Å². The molecule has 2 heterocycles. The van der Waals surface area contributed by atoms with E-state index in [9.17, 15) is 0 Å². The molecule has 0 N–H and O–H groups in total. The van der Waals surface area contributed by atoms with E-state index in [0.29, 0.717) is 0 Å². The smallest absolute Gasteiger partial charge is 0.0548 e. The molecule has 1 nitrogen and oxygen atoms in total. The Bertz CT molecular complexity index is 2650. The van der Waals surface area contributed by atoms with Crippen molar-refractivity contribution in [1.82, 2.24) is 4.57 Å². The van der Waals surface area contributed by atoms with Crippen molar-refractivity contribution in [2.24, 2.45) is 0 Å². The van der Waals surface area contributed by atoms with Crippen LogP contribution in [0.2, 0.25) is 0 Å². The summed E-state index contributed by atoms with van der Waals surface area (Å²) in [6.45, 7) is 0. The minimum atomic E-state index is 1.24. The van der Waals surface area contributed by atoms with E-state index in [2.05, 4.69) is 132 Å². The zero-order valence-electron chi connectivity index (χ0n) is 21.5. The first kappa shape index (κ1) is 21.0. The van der Waals surface area contributed by atoms with Crippen LogP contribution in [0.5, 0.6) is 0 Å². The summed E-state index contributed by atoms with van der Waals surface area (Å²) in [6.07, 6.45) is 0. The van der Waals surface area contributed by atoms with Crippen LogP contribution in [0.25, 0.3) is 90.8 Å². The van der Waals surface area contributed by atoms with Gasteiger partial charge >= 0.3 is 0 Å². The summed E-state index contributed by atoms with van der Waals surface area (Å²) in [5.41, 5.74) is 3.74. The van der Waals surface area contributed by atoms with Crippen molar-refractivity contribution < 1.29 is 0 Å². The topological polar surface area (TPSA) is 4.93 Å². The van der Waals surface area contributed by atoms with Crippen molar-refractivity contribution in [3.8, 4) is 5.69 Å². The first-order chi connectivity index (χ1) is 19.8. The molecule has 10 rings (SSSR count). The Kier molecular flexibility index (Phi) is 3.87. The molecule has 2 heteroatoms. The van der Waals surface area contributed by atoms with Gasteiger partial charge in [0.1, 0.15) is 0 Å². The molecule has 10 aromatic rings. The highest BCUT2D eigenvalue weighted by atomic mass is 32.1. The van der Waals surface area contributed by atoms with Gasteiger partial charge in [0.2, 0.25) is 0 Å². The molecule has 40 heavy (non-hydrogen) atoms. The zero-order chi connectivity index (χ0) is 25.9. The minimum absolute atomic E-state index is 1.24. The highest BCUT2D eigenvalue weighted by molar-refractivity contribution is 7.26. The molecule has 0 spiro atoms. The van der Waals surface area contributed by atoms with Gasteiger partial charge < -0.3 is 4.57 Å². The summed E-state index contributed by atoms with van der Waals surface area (Å²) < 4.78 is 5.23. The van der Waals surface area contributed by atoms with Crippen molar-refractivity contribution >= 4 is 96.4 Å². The van der Waals surface area contributed by atoms with Gasteiger partial charge in [-0.25, -0.2) is 0 Å². The van der Waals surface area contributed by atoms with Gasteiger partial charge in [0, 0.05) is 41.7 Å². The molecule has 184 valence electrons. The number of hydrogen-bond acceptors (Lipinski definition) is 1. The number of fused-ring (bicyclic) bond motifs is 8. The maximum Gasteiger partial charge on any atom is 0.0548 e. The van der Waals surface area contributed by atoms with E-state index in [-0.39, 0.29) is 0 Å². The summed E-state index contributed by atoms with van der Waals surface area (Å²) in [5.74, 6) is 0. The lowest BCUT2D eigenvalue weighted by Gasteiger charge is -2.17. The Morgan fingerprint density at radius 1 is 0.400 bits per heavy atom. The van der Waals surface area contributed by atoms with Crippen LogP contribution in [0.4, 0.5) is 0 Å². The third-order valence-electron chi connectivity index (χ3n) is 8.88. The molecule has 0 aliphatic rings. The molecule has 0 aliphatic carbocycles. The first-order valence-electron chi connectivity index (χ1n) is 13.8. The lowest BCUT2D eigenvalue weighted by atomic mass is 9.93. The summed E-state index contributed by atoms with van der Waals surface area (Å²) in [5, 5.41) is 15.8. The van der Waals surface area contributed by atoms with Crippen molar-refractivity contribution in [2.45, 2.75) is 0 Å². The Hall–Kier alpha value is -4.92. The monoisotopic (exact) mass is 523 g/mol. The maximum absolute atomic E-state index is 2.51. The molecule has 0 radical (unpaired) electrons. The molecule has 0 amide bonds. The predicted octanol–water partition coefficient (Wildman–Crippen LogP) is 11.2. The average Bonchev–Trinajstić information content (AvgIpc) is 3.54. The summed E-state index contributed by atoms with van der Waals surface area (Å²) >= 11 is 1.91. The van der Waals surface area contributed by atoms with Crippen LogP contribution < -0.4 is 0 Å². The second-order valence-corrected chi connectivity index (χ2v) is 12.0. The predicted molar refractivity (Wildman–Crippen MR) is 175 cm³/mol. The summed E-state index contributed by atoms with van der Waals surface area (Å²) in [7, 11) is 0. The summed E-state index contributed by atoms with van der Waals surface area (Å²) in [6, 6.07) is 47.5. The fourth-order valence-corrected chi connectivity index (χ4v) is 8.39. The van der Waals surface area contributed by atoms with E-state index < -0.39 is 0 Å². The fourth-order valence-electron chi connectivity index (χ4n) is 7.16. The van der Waals surface area contributed by atoms with Crippen LogP contribution in [0, 0.1) is 0 Å². The van der Waals surface area contributed by atoms with Gasteiger partial charge in [-0.05, 0) is 62.6 Å². The molecule has 0 saturated carbocycles. The van der Waals surface area contributed by atoms with Crippen LogP contribution in [-0.2, 0) is 0 Å². The van der Waals surface area contributed by atoms with Gasteiger partial charge in [-0.15, -0.1) is 11.3 Å². The Balaban J connectivity index is 1.43. The molecule has 0 aliphatic heterocycles. The molecule has 0 saturated heterocycles. The van der Waals surface area contributed by atoms with Crippen LogP contribution in [-0.4, -0.2) is 4.57 Å². The Morgan fingerprint density at radius 3 is 2.05 bits per heavy atom. The van der Waals surface area contributed by atoms with Crippen molar-refractivity contribution in [2.75, 3.05) is 0 Å². The fraction of sp³-hybridized carbons (Fsp3) is 0. The number of thiophene rings is 1. The van der Waals surface area contributed by atoms with E-state index in [1.165, 1.54) is 90.8 Å². The number of rotatable bonds is 1. The first-order valence-corrected chi connectivity index (χ1v) is 14.6. The molecule has 0 unspecified atom stereocenters. The normalized spacial score (nSPS) is 12.5. The molecule has 8 aromatic carbocycles. The maximum atomic E-state index is 2.51. The quantitative estimate of drug-likeness (QED) is 0.189. The van der Waals surface area contributed by atoms with Gasteiger partial charge in [0.15, 0.2) is 0 Å². The van der Waals surface area contributed by atoms with Crippen molar-refractivity contribution in [3.63, 3.8) is 0 Å². The van der Waals surface area contributed by atoms with Gasteiger partial charge in [-0.1, -0.05) is 97.1 Å². The lowest BCUT2D eigenvalue weighted by molar-refractivity contribution is 1.20. The minimum Gasteiger partial charge on any atom is -0.309 e. The SMILES string of the molecule is c1cc2ccc3cccc4c(-n5c6ccccc6c6cc7ccc8c9ccccc9sc8c7cc65)cc(c1)c2c34. The number of nitrogens with zero attached hydrogens (tertiary/aromatic N) is 1. The van der Waals surface area contributed by atoms with Crippen LogP contribution >= 0.6 is 11.3 Å². The lowest BCUT2D eigenvalue weighted by Crippen LogP contribution is -1.97. The Morgan fingerprint density at radius 2 is 1.12 bits per heavy atom. The van der Waals surface area contributed by atoms with Crippen LogP contribution in [0.15, 0.2) is 127 Å². The van der Waals surface area contributed by atoms with Crippen molar-refractivity contribution in [3.05, 3.63) is 127 Å². The number of benzene rings is 8. The van der Waals surface area contributed by atoms with E-state index in [1.54, 1.807) is 0 Å². The molecular weight excluding hydrogens is 502 g/mol. The van der Waals surface area contributed by atoms with E-state index in [0.717, 1.165) is 0 Å². The molecule has 2 aromatic heterocycles. The third-order valence-corrected chi connectivity index (χ3v) is 10.1. The largest absolute Gasteiger partial charge is 0.309 e. The highest BCUT2D eigenvalue weighted by Crippen LogP contribution is 2.44. The van der Waals surface area contributed by atoms with Gasteiger partial charge in [0.05, 0.1) is 16.7 Å². The molecule has 0 fully saturated rings. The third kappa shape index (κ3) is 2.57. The zero-order valence-corrected chi connectivity index (χ0v) is 22.3. The molecular formula is C38H21NS. The molecule has 0 bridgehead atoms. The highest BCUT2D eigenvalue weighted by Gasteiger charge is 2.19. The van der Waals surface area contributed by atoms with E-state index in [4.69, 9.17) is 0 Å². The number of aromatic nitrogens is 1. The second kappa shape index (κ2) is 7.38. The van der Waals surface area contributed by atoms with Gasteiger partial charge in [0.25, 0.3) is 0 Å². The van der Waals surface area contributed by atoms with Gasteiger partial charge in [-0.3, -0.25) is 0 Å². The number of para-hydroxylation sites is 1. The Labute approximate surface area is 233 Å². The van der Waals surface area contributed by atoms with E-state index in [1.807, 2.05) is 11.3 Å². The average molecular weight is 524 g/mol. The van der Waals surface area contributed by atoms with Crippen molar-refractivity contribution in [1.29, 1.82) is 0 Å². The van der Waals surface area contributed by atoms with Crippen LogP contribution in [0.3, 0.4) is 0 Å². The molecule has 0 atom stereocenters. The second-order valence-electron chi connectivity index (χ2n) is 10.9. The van der Waals surface area contributed by atoms with Crippen LogP contribution in [0.1, 0.15) is 0 Å². The number of hydrogen-bond donors (Lipinski definition) is 0. The standard InChI is InChI=1S/C38H21NS/c1-3-13-32-26(10-1)31-19-24-17-18-28-27-11-2-4-14-35(27)40-38(28)30(24)21-34(31)39(32)33-20-25-9-5-7-22-15-16-23-8-6-12-29(33)37(23)36(22)25/h1-21H. The summed E-state index contributed by atoms with van der Waals surface area (Å²) in [4.78, 5) is 0.